The van der Waals surface area contributed by atoms with Gasteiger partial charge in [-0.1, -0.05) is 24.3 Å². The fraction of sp³-hybridized carbons (Fsp3) is 0. The molecule has 0 radical (unpaired) electrons. The number of benzene rings is 2. The van der Waals surface area contributed by atoms with Crippen molar-refractivity contribution in [3.63, 3.8) is 0 Å². The van der Waals surface area contributed by atoms with Crippen LogP contribution in [0.1, 0.15) is 0 Å². The Hall–Kier alpha value is -2.01. The van der Waals surface area contributed by atoms with Gasteiger partial charge in [-0.3, -0.25) is 0 Å². The van der Waals surface area contributed by atoms with Crippen molar-refractivity contribution in [2.24, 2.45) is 0 Å². The highest BCUT2D eigenvalue weighted by Crippen LogP contribution is 2.17. The lowest BCUT2D eigenvalue weighted by Gasteiger charge is -2.11. The number of nitrogens with one attached hydrogen (secondary N) is 2. The van der Waals surface area contributed by atoms with E-state index in [0.29, 0.717) is 0 Å². The van der Waals surface area contributed by atoms with Crippen LogP contribution in [0.3, 0.4) is 0 Å². The highest BCUT2D eigenvalue weighted by Gasteiger charge is 2.08. The molecule has 0 heterocycles. The van der Waals surface area contributed by atoms with Crippen molar-refractivity contribution in [1.29, 1.82) is 0 Å². The van der Waals surface area contributed by atoms with Gasteiger partial charge in [-0.2, -0.15) is 0 Å². The van der Waals surface area contributed by atoms with Crippen molar-refractivity contribution in [2.75, 3.05) is 10.6 Å². The van der Waals surface area contributed by atoms with Crippen LogP contribution in [0.2, 0.25) is 0 Å². The number of thiocarbonyl (C=S) groups is 1. The van der Waals surface area contributed by atoms with E-state index in [1.165, 1.54) is 12.1 Å². The maximum Gasteiger partial charge on any atom is 0.182 e. The third kappa shape index (κ3) is 3.01. The van der Waals surface area contributed by atoms with Crippen molar-refractivity contribution < 1.29 is 8.78 Å². The van der Waals surface area contributed by atoms with Gasteiger partial charge in [0.05, 0.1) is 5.69 Å². The second-order valence-corrected chi connectivity index (χ2v) is 3.95. The molecule has 92 valence electrons. The average molecular weight is 264 g/mol. The van der Waals surface area contributed by atoms with Crippen LogP contribution in [0, 0.1) is 11.6 Å². The molecule has 2 N–H and O–H groups in total. The minimum absolute atomic E-state index is 0.00318. The molecule has 0 spiro atoms. The van der Waals surface area contributed by atoms with Crippen LogP contribution in [0.4, 0.5) is 20.2 Å². The molecular weight excluding hydrogens is 254 g/mol. The lowest BCUT2D eigenvalue weighted by Crippen LogP contribution is -2.19. The van der Waals surface area contributed by atoms with Gasteiger partial charge in [0.2, 0.25) is 0 Å². The largest absolute Gasteiger partial charge is 0.332 e. The van der Waals surface area contributed by atoms with Crippen LogP contribution >= 0.6 is 12.2 Å². The van der Waals surface area contributed by atoms with Crippen LogP contribution in [0.25, 0.3) is 0 Å². The van der Waals surface area contributed by atoms with E-state index in [0.717, 1.165) is 11.8 Å². The summed E-state index contributed by atoms with van der Waals surface area (Å²) in [5.41, 5.74) is 0.773. The molecule has 0 bridgehead atoms. The van der Waals surface area contributed by atoms with Crippen LogP contribution in [-0.2, 0) is 0 Å². The molecule has 0 fully saturated rings. The molecule has 0 amide bonds. The third-order valence-corrected chi connectivity index (χ3v) is 2.44. The van der Waals surface area contributed by atoms with Gasteiger partial charge in [0.1, 0.15) is 0 Å². The van der Waals surface area contributed by atoms with Gasteiger partial charge in [-0.25, -0.2) is 8.78 Å². The van der Waals surface area contributed by atoms with E-state index < -0.39 is 11.6 Å². The highest BCUT2D eigenvalue weighted by molar-refractivity contribution is 7.80. The molecule has 0 atom stereocenters. The minimum Gasteiger partial charge on any atom is -0.332 e. The molecule has 0 aliphatic rings. The fourth-order valence-electron chi connectivity index (χ4n) is 1.41. The summed E-state index contributed by atoms with van der Waals surface area (Å²) in [5, 5.41) is 5.67. The first kappa shape index (κ1) is 12.4. The molecule has 5 heteroatoms. The third-order valence-electron chi connectivity index (χ3n) is 2.23. The zero-order chi connectivity index (χ0) is 13.0. The molecule has 2 aromatic carbocycles. The number of para-hydroxylation sites is 1. The summed E-state index contributed by atoms with van der Waals surface area (Å²) in [6, 6.07) is 13.1. The van der Waals surface area contributed by atoms with Crippen molar-refractivity contribution in [3.05, 3.63) is 60.2 Å². The molecule has 0 aliphatic heterocycles. The monoisotopic (exact) mass is 264 g/mol. The van der Waals surface area contributed by atoms with Crippen molar-refractivity contribution in [3.8, 4) is 0 Å². The Morgan fingerprint density at radius 1 is 0.889 bits per heavy atom. The van der Waals surface area contributed by atoms with Gasteiger partial charge < -0.3 is 10.6 Å². The van der Waals surface area contributed by atoms with Crippen LogP contribution in [0.15, 0.2) is 48.5 Å². The summed E-state index contributed by atoms with van der Waals surface area (Å²) in [7, 11) is 0. The number of rotatable bonds is 2. The lowest BCUT2D eigenvalue weighted by molar-refractivity contribution is 0.512. The lowest BCUT2D eigenvalue weighted by atomic mass is 10.3. The van der Waals surface area contributed by atoms with Crippen molar-refractivity contribution >= 4 is 28.7 Å². The molecule has 2 aromatic rings. The second-order valence-electron chi connectivity index (χ2n) is 3.55. The number of hydrogen-bond donors (Lipinski definition) is 2. The molecule has 0 unspecified atom stereocenters. The topological polar surface area (TPSA) is 24.1 Å². The van der Waals surface area contributed by atoms with Crippen LogP contribution in [0.5, 0.6) is 0 Å². The summed E-state index contributed by atoms with van der Waals surface area (Å²) >= 11 is 5.01. The summed E-state index contributed by atoms with van der Waals surface area (Å²) in [6.45, 7) is 0. The zero-order valence-corrected chi connectivity index (χ0v) is 10.1. The molecule has 2 nitrogen and oxygen atoms in total. The molecule has 18 heavy (non-hydrogen) atoms. The van der Waals surface area contributed by atoms with Gasteiger partial charge in [0, 0.05) is 5.69 Å². The number of anilines is 2. The van der Waals surface area contributed by atoms with Gasteiger partial charge in [-0.15, -0.1) is 0 Å². The average Bonchev–Trinajstić information content (AvgIpc) is 2.36. The molecule has 0 saturated carbocycles. The Labute approximate surface area is 109 Å². The predicted octanol–water partition coefficient (Wildman–Crippen LogP) is 3.77. The maximum atomic E-state index is 13.4. The normalized spacial score (nSPS) is 9.89. The fourth-order valence-corrected chi connectivity index (χ4v) is 1.63. The molecule has 0 saturated heterocycles. The van der Waals surface area contributed by atoms with E-state index in [1.807, 2.05) is 30.3 Å². The van der Waals surface area contributed by atoms with Gasteiger partial charge in [0.25, 0.3) is 0 Å². The van der Waals surface area contributed by atoms with E-state index in [1.54, 1.807) is 0 Å². The number of halogens is 2. The second kappa shape index (κ2) is 5.55. The molecule has 0 aliphatic carbocycles. The summed E-state index contributed by atoms with van der Waals surface area (Å²) in [5.74, 6) is -1.86. The van der Waals surface area contributed by atoms with E-state index in [2.05, 4.69) is 10.6 Å². The molecule has 0 aromatic heterocycles. The maximum absolute atomic E-state index is 13.4. The quantitative estimate of drug-likeness (QED) is 0.807. The first-order chi connectivity index (χ1) is 8.66. The molecule has 2 rings (SSSR count). The van der Waals surface area contributed by atoms with Crippen LogP contribution in [-0.4, -0.2) is 5.11 Å². The Morgan fingerprint density at radius 2 is 1.61 bits per heavy atom. The Bertz CT molecular complexity index is 558. The first-order valence-corrected chi connectivity index (χ1v) is 5.65. The predicted molar refractivity (Wildman–Crippen MR) is 72.6 cm³/mol. The van der Waals surface area contributed by atoms with Crippen molar-refractivity contribution in [1.82, 2.24) is 0 Å². The Morgan fingerprint density at radius 3 is 2.33 bits per heavy atom. The van der Waals surface area contributed by atoms with Crippen molar-refractivity contribution in [2.45, 2.75) is 0 Å². The van der Waals surface area contributed by atoms with Gasteiger partial charge in [0.15, 0.2) is 16.7 Å². The zero-order valence-electron chi connectivity index (χ0n) is 9.28. The summed E-state index contributed by atoms with van der Waals surface area (Å²) in [6.07, 6.45) is 0. The van der Waals surface area contributed by atoms with E-state index >= 15 is 0 Å². The van der Waals surface area contributed by atoms with Crippen LogP contribution < -0.4 is 10.6 Å². The van der Waals surface area contributed by atoms with Gasteiger partial charge >= 0.3 is 0 Å². The summed E-state index contributed by atoms with van der Waals surface area (Å²) < 4.78 is 26.4. The number of hydrogen-bond acceptors (Lipinski definition) is 1. The minimum atomic E-state index is -0.949. The SMILES string of the molecule is Fc1cccc(NC(=S)Nc2ccccc2)c1F. The summed E-state index contributed by atoms with van der Waals surface area (Å²) in [4.78, 5) is 0. The van der Waals surface area contributed by atoms with Gasteiger partial charge in [-0.05, 0) is 36.5 Å². The first-order valence-electron chi connectivity index (χ1n) is 5.24. The standard InChI is InChI=1S/C13H10F2N2S/c14-10-7-4-8-11(12(10)15)17-13(18)16-9-5-2-1-3-6-9/h1-8H,(H2,16,17,18). The van der Waals surface area contributed by atoms with E-state index in [9.17, 15) is 8.78 Å². The Kier molecular flexibility index (Phi) is 3.84. The van der Waals surface area contributed by atoms with E-state index in [4.69, 9.17) is 12.2 Å². The molecular formula is C13H10F2N2S. The smallest absolute Gasteiger partial charge is 0.182 e. The highest BCUT2D eigenvalue weighted by atomic mass is 32.1. The Balaban J connectivity index is 2.06. The van der Waals surface area contributed by atoms with E-state index in [-0.39, 0.29) is 10.8 Å².